The van der Waals surface area contributed by atoms with E-state index in [1.807, 2.05) is 0 Å². The van der Waals surface area contributed by atoms with Gasteiger partial charge in [0, 0.05) is 9.86 Å². The fourth-order valence-electron chi connectivity index (χ4n) is 1.35. The number of carbonyl (C=O) groups excluding carboxylic acids is 1. The van der Waals surface area contributed by atoms with Crippen molar-refractivity contribution in [3.63, 3.8) is 0 Å². The quantitative estimate of drug-likeness (QED) is 0.595. The van der Waals surface area contributed by atoms with Crippen molar-refractivity contribution in [1.82, 2.24) is 0 Å². The molecular formula is C11H7BrO4. The maximum Gasteiger partial charge on any atom is 0.351 e. The molecule has 4 nitrogen and oxygen atoms in total. The van der Waals surface area contributed by atoms with Gasteiger partial charge in [0.05, 0.1) is 7.11 Å². The van der Waals surface area contributed by atoms with Gasteiger partial charge in [0.1, 0.15) is 11.1 Å². The van der Waals surface area contributed by atoms with Crippen LogP contribution in [0, 0.1) is 0 Å². The molecule has 0 unspecified atom stereocenters. The molecule has 0 amide bonds. The predicted octanol–water partition coefficient (Wildman–Crippen LogP) is 2.34. The first kappa shape index (κ1) is 10.9. The van der Waals surface area contributed by atoms with Gasteiger partial charge >= 0.3 is 11.6 Å². The molecule has 1 aromatic carbocycles. The maximum absolute atomic E-state index is 11.4. The van der Waals surface area contributed by atoms with Crippen LogP contribution in [0.15, 0.2) is 37.9 Å². The van der Waals surface area contributed by atoms with Gasteiger partial charge in [-0.1, -0.05) is 15.9 Å². The van der Waals surface area contributed by atoms with Gasteiger partial charge in [-0.25, -0.2) is 9.59 Å². The summed E-state index contributed by atoms with van der Waals surface area (Å²) < 4.78 is 10.3. The molecule has 0 atom stereocenters. The number of esters is 1. The number of carbonyl (C=O) groups is 1. The second kappa shape index (κ2) is 4.09. The van der Waals surface area contributed by atoms with Gasteiger partial charge in [0.15, 0.2) is 0 Å². The number of ether oxygens (including phenoxy) is 1. The summed E-state index contributed by atoms with van der Waals surface area (Å²) in [6.07, 6.45) is 0. The lowest BCUT2D eigenvalue weighted by molar-refractivity contribution is 0.0596. The fourth-order valence-corrected chi connectivity index (χ4v) is 1.73. The third kappa shape index (κ3) is 1.86. The summed E-state index contributed by atoms with van der Waals surface area (Å²) in [5.74, 6) is -0.698. The van der Waals surface area contributed by atoms with Gasteiger partial charge < -0.3 is 9.15 Å². The molecule has 0 fully saturated rings. The Balaban J connectivity index is 2.74. The molecule has 0 aliphatic heterocycles. The third-order valence-corrected chi connectivity index (χ3v) is 2.59. The average molecular weight is 283 g/mol. The molecule has 0 bridgehead atoms. The lowest BCUT2D eigenvalue weighted by Gasteiger charge is -2.00. The highest BCUT2D eigenvalue weighted by molar-refractivity contribution is 9.10. The predicted molar refractivity (Wildman–Crippen MR) is 61.5 cm³/mol. The molecule has 16 heavy (non-hydrogen) atoms. The van der Waals surface area contributed by atoms with Gasteiger partial charge in [-0.05, 0) is 24.3 Å². The Bertz CT molecular complexity index is 615. The zero-order valence-electron chi connectivity index (χ0n) is 8.32. The summed E-state index contributed by atoms with van der Waals surface area (Å²) in [7, 11) is 1.22. The molecule has 0 saturated carbocycles. The van der Waals surface area contributed by atoms with Crippen LogP contribution in [0.5, 0.6) is 0 Å². The van der Waals surface area contributed by atoms with Crippen LogP contribution in [0.25, 0.3) is 11.0 Å². The first-order chi connectivity index (χ1) is 7.61. The van der Waals surface area contributed by atoms with Crippen LogP contribution < -0.4 is 5.63 Å². The molecule has 0 aliphatic rings. The number of benzene rings is 1. The van der Waals surface area contributed by atoms with E-state index in [2.05, 4.69) is 20.7 Å². The number of fused-ring (bicyclic) bond motifs is 1. The first-order valence-corrected chi connectivity index (χ1v) is 5.23. The van der Waals surface area contributed by atoms with Crippen LogP contribution in [0.1, 0.15) is 10.4 Å². The molecule has 2 rings (SSSR count). The fraction of sp³-hybridized carbons (Fsp3) is 0.0909. The van der Waals surface area contributed by atoms with Crippen LogP contribution in [0.2, 0.25) is 0 Å². The third-order valence-electron chi connectivity index (χ3n) is 2.10. The van der Waals surface area contributed by atoms with E-state index in [0.717, 1.165) is 4.47 Å². The van der Waals surface area contributed by atoms with Crippen LogP contribution in [-0.2, 0) is 4.74 Å². The number of methoxy groups -OCH3 is 1. The van der Waals surface area contributed by atoms with Crippen molar-refractivity contribution in [2.75, 3.05) is 7.11 Å². The minimum Gasteiger partial charge on any atom is -0.465 e. The Labute approximate surface area is 99.0 Å². The normalized spacial score (nSPS) is 10.4. The summed E-state index contributed by atoms with van der Waals surface area (Å²) in [5, 5.41) is 0.661. The number of hydrogen-bond donors (Lipinski definition) is 0. The Morgan fingerprint density at radius 1 is 1.38 bits per heavy atom. The molecule has 0 radical (unpaired) electrons. The van der Waals surface area contributed by atoms with Gasteiger partial charge in [-0.3, -0.25) is 0 Å². The lowest BCUT2D eigenvalue weighted by Crippen LogP contribution is -2.14. The lowest BCUT2D eigenvalue weighted by atomic mass is 10.2. The van der Waals surface area contributed by atoms with E-state index in [-0.39, 0.29) is 5.56 Å². The van der Waals surface area contributed by atoms with Crippen LogP contribution in [0.3, 0.4) is 0 Å². The standard InChI is InChI=1S/C11H7BrO4/c1-15-10(13)8-5-6-4-7(12)2-3-9(6)16-11(8)14/h2-5H,1H3. The Hall–Kier alpha value is -1.62. The summed E-state index contributed by atoms with van der Waals surface area (Å²) in [6.45, 7) is 0. The van der Waals surface area contributed by atoms with Crippen molar-refractivity contribution in [2.45, 2.75) is 0 Å². The largest absolute Gasteiger partial charge is 0.465 e. The van der Waals surface area contributed by atoms with Crippen molar-refractivity contribution in [1.29, 1.82) is 0 Å². The molecule has 5 heteroatoms. The molecule has 0 spiro atoms. The van der Waals surface area contributed by atoms with Gasteiger partial charge in [-0.2, -0.15) is 0 Å². The Morgan fingerprint density at radius 3 is 2.81 bits per heavy atom. The number of halogens is 1. The summed E-state index contributed by atoms with van der Waals surface area (Å²) in [5.41, 5.74) is -0.365. The number of rotatable bonds is 1. The van der Waals surface area contributed by atoms with E-state index < -0.39 is 11.6 Å². The van der Waals surface area contributed by atoms with Gasteiger partial charge in [0.25, 0.3) is 0 Å². The van der Waals surface area contributed by atoms with E-state index in [1.165, 1.54) is 13.2 Å². The molecule has 0 aliphatic carbocycles. The zero-order chi connectivity index (χ0) is 11.7. The molecule has 0 saturated heterocycles. The number of hydrogen-bond acceptors (Lipinski definition) is 4. The van der Waals surface area contributed by atoms with E-state index in [9.17, 15) is 9.59 Å². The molecule has 82 valence electrons. The smallest absolute Gasteiger partial charge is 0.351 e. The Morgan fingerprint density at radius 2 is 2.12 bits per heavy atom. The second-order valence-corrected chi connectivity index (χ2v) is 4.04. The van der Waals surface area contributed by atoms with Crippen molar-refractivity contribution in [3.05, 3.63) is 44.7 Å². The van der Waals surface area contributed by atoms with E-state index >= 15 is 0 Å². The summed E-state index contributed by atoms with van der Waals surface area (Å²) in [6, 6.07) is 6.62. The van der Waals surface area contributed by atoms with Gasteiger partial charge in [-0.15, -0.1) is 0 Å². The topological polar surface area (TPSA) is 56.5 Å². The van der Waals surface area contributed by atoms with Crippen molar-refractivity contribution < 1.29 is 13.9 Å². The van der Waals surface area contributed by atoms with Gasteiger partial charge in [0.2, 0.25) is 0 Å². The maximum atomic E-state index is 11.4. The van der Waals surface area contributed by atoms with Crippen LogP contribution >= 0.6 is 15.9 Å². The van der Waals surface area contributed by atoms with Crippen molar-refractivity contribution in [3.8, 4) is 0 Å². The Kier molecular flexibility index (Phi) is 2.78. The molecule has 1 aromatic heterocycles. The van der Waals surface area contributed by atoms with Crippen molar-refractivity contribution in [2.24, 2.45) is 0 Å². The molecule has 1 heterocycles. The molecular weight excluding hydrogens is 276 g/mol. The first-order valence-electron chi connectivity index (χ1n) is 4.43. The monoisotopic (exact) mass is 282 g/mol. The van der Waals surface area contributed by atoms with E-state index in [0.29, 0.717) is 11.0 Å². The summed E-state index contributed by atoms with van der Waals surface area (Å²) in [4.78, 5) is 22.7. The SMILES string of the molecule is COC(=O)c1cc2cc(Br)ccc2oc1=O. The van der Waals surface area contributed by atoms with Crippen molar-refractivity contribution >= 4 is 32.9 Å². The van der Waals surface area contributed by atoms with E-state index in [1.54, 1.807) is 18.2 Å². The van der Waals surface area contributed by atoms with Crippen LogP contribution in [-0.4, -0.2) is 13.1 Å². The summed E-state index contributed by atoms with van der Waals surface area (Å²) >= 11 is 3.29. The average Bonchev–Trinajstić information content (AvgIpc) is 2.28. The zero-order valence-corrected chi connectivity index (χ0v) is 9.91. The van der Waals surface area contributed by atoms with E-state index in [4.69, 9.17) is 4.42 Å². The highest BCUT2D eigenvalue weighted by atomic mass is 79.9. The molecule has 0 N–H and O–H groups in total. The minimum atomic E-state index is -0.698. The minimum absolute atomic E-state index is 0.104. The molecule has 2 aromatic rings. The second-order valence-electron chi connectivity index (χ2n) is 3.12. The highest BCUT2D eigenvalue weighted by Crippen LogP contribution is 2.19. The highest BCUT2D eigenvalue weighted by Gasteiger charge is 2.13. The van der Waals surface area contributed by atoms with Crippen LogP contribution in [0.4, 0.5) is 0 Å².